The quantitative estimate of drug-likeness (QED) is 0.599. The molecule has 1 aliphatic heterocycles. The van der Waals surface area contributed by atoms with Crippen molar-refractivity contribution in [3.63, 3.8) is 0 Å². The zero-order chi connectivity index (χ0) is 18.8. The molecule has 0 bridgehead atoms. The summed E-state index contributed by atoms with van der Waals surface area (Å²) in [7, 11) is 4.00. The number of nitrogens with zero attached hydrogens (tertiary/aromatic N) is 3. The molecule has 0 amide bonds. The molecule has 1 aliphatic rings. The highest BCUT2D eigenvalue weighted by Crippen LogP contribution is 2.06. The summed E-state index contributed by atoms with van der Waals surface area (Å²) >= 11 is 0. The predicted octanol–water partition coefficient (Wildman–Crippen LogP) is 5.13. The summed E-state index contributed by atoms with van der Waals surface area (Å²) in [6, 6.07) is 0. The van der Waals surface area contributed by atoms with Crippen molar-refractivity contribution in [3.8, 4) is 0 Å². The van der Waals surface area contributed by atoms with Crippen molar-refractivity contribution in [2.45, 2.75) is 67.2 Å². The van der Waals surface area contributed by atoms with Crippen LogP contribution in [-0.2, 0) is 0 Å². The zero-order valence-electron chi connectivity index (χ0n) is 17.9. The van der Waals surface area contributed by atoms with Crippen molar-refractivity contribution in [2.75, 3.05) is 46.8 Å². The molecule has 0 aromatic heterocycles. The van der Waals surface area contributed by atoms with E-state index in [9.17, 15) is 0 Å². The molecule has 1 saturated heterocycles. The second-order valence-corrected chi connectivity index (χ2v) is 6.61. The van der Waals surface area contributed by atoms with E-state index in [2.05, 4.69) is 61.7 Å². The minimum Gasteiger partial charge on any atom is -0.304 e. The molecule has 1 rings (SSSR count). The van der Waals surface area contributed by atoms with Gasteiger partial charge in [-0.15, -0.1) is 0 Å². The van der Waals surface area contributed by atoms with E-state index in [0.717, 1.165) is 25.2 Å². The van der Waals surface area contributed by atoms with Gasteiger partial charge in [0.1, 0.15) is 0 Å². The molecule has 0 aromatic carbocycles. The van der Waals surface area contributed by atoms with Gasteiger partial charge in [-0.05, 0) is 57.9 Å². The van der Waals surface area contributed by atoms with E-state index in [4.69, 9.17) is 0 Å². The van der Waals surface area contributed by atoms with Gasteiger partial charge in [0.15, 0.2) is 0 Å². The number of aliphatic imine (C=N–C) groups is 1. The molecule has 144 valence electrons. The maximum Gasteiger partial charge on any atom is 0.0481 e. The third kappa shape index (κ3) is 16.2. The van der Waals surface area contributed by atoms with Crippen molar-refractivity contribution in [3.05, 3.63) is 12.2 Å². The van der Waals surface area contributed by atoms with Crippen molar-refractivity contribution in [2.24, 2.45) is 10.9 Å². The maximum atomic E-state index is 4.26. The lowest BCUT2D eigenvalue weighted by Gasteiger charge is -2.24. The molecular weight excluding hydrogens is 294 g/mol. The fraction of sp³-hybridized carbons (Fsp3) is 0.857. The molecule has 0 N–H and O–H groups in total. The van der Waals surface area contributed by atoms with E-state index in [0.29, 0.717) is 5.92 Å². The lowest BCUT2D eigenvalue weighted by Crippen LogP contribution is -2.29. The zero-order valence-corrected chi connectivity index (χ0v) is 17.9. The van der Waals surface area contributed by atoms with Gasteiger partial charge < -0.3 is 9.80 Å². The molecule has 3 heteroatoms. The first-order valence-electron chi connectivity index (χ1n) is 10.1. The van der Waals surface area contributed by atoms with Gasteiger partial charge in [0.05, 0.1) is 0 Å². The van der Waals surface area contributed by atoms with Gasteiger partial charge in [-0.1, -0.05) is 54.0 Å². The molecule has 0 atom stereocenters. The molecular formula is C21H45N3. The Hall–Kier alpha value is -0.670. The van der Waals surface area contributed by atoms with Crippen LogP contribution >= 0.6 is 0 Å². The fourth-order valence-electron chi connectivity index (χ4n) is 2.69. The van der Waals surface area contributed by atoms with Gasteiger partial charge in [-0.25, -0.2) is 0 Å². The van der Waals surface area contributed by atoms with Gasteiger partial charge in [0.2, 0.25) is 0 Å². The third-order valence-corrected chi connectivity index (χ3v) is 3.84. The highest BCUT2D eigenvalue weighted by Gasteiger charge is 2.05. The van der Waals surface area contributed by atoms with E-state index >= 15 is 0 Å². The summed E-state index contributed by atoms with van der Waals surface area (Å²) in [5.74, 6) is 0.716. The highest BCUT2D eigenvalue weighted by atomic mass is 15.1. The average Bonchev–Trinajstić information content (AvgIpc) is 2.61. The second-order valence-electron chi connectivity index (χ2n) is 6.61. The molecule has 0 radical (unpaired) electrons. The Labute approximate surface area is 153 Å². The lowest BCUT2D eigenvalue weighted by molar-refractivity contribution is 0.240. The number of rotatable bonds is 7. The molecule has 0 aliphatic carbocycles. The molecule has 1 fully saturated rings. The minimum atomic E-state index is 0.716. The Morgan fingerprint density at radius 1 is 1.12 bits per heavy atom. The largest absolute Gasteiger partial charge is 0.304 e. The Bertz CT molecular complexity index is 302. The summed E-state index contributed by atoms with van der Waals surface area (Å²) in [6.45, 7) is 18.9. The number of piperidine rings is 1. The number of hydrogen-bond donors (Lipinski definition) is 0. The van der Waals surface area contributed by atoms with Gasteiger partial charge in [0, 0.05) is 25.8 Å². The van der Waals surface area contributed by atoms with E-state index in [-0.39, 0.29) is 0 Å². The molecule has 1 heterocycles. The lowest BCUT2D eigenvalue weighted by atomic mass is 10.1. The summed E-state index contributed by atoms with van der Waals surface area (Å²) in [4.78, 5) is 9.09. The van der Waals surface area contributed by atoms with Crippen LogP contribution in [0.4, 0.5) is 0 Å². The standard InChI is InChI=1S/C12H24N2.C7H15N.C2H6/c1-6-7-8-12(13-4)10-14(5)9-11(2)3;1-2-8-6-4-3-5-7-8;1-2/h7-8,11H,6,9-10H2,1-5H3;2-7H2,1H3;1-2H3/b8-7-,13-12?;;. The second kappa shape index (κ2) is 18.7. The van der Waals surface area contributed by atoms with Gasteiger partial charge in [-0.2, -0.15) is 0 Å². The van der Waals surface area contributed by atoms with E-state index in [1.807, 2.05) is 20.9 Å². The van der Waals surface area contributed by atoms with Gasteiger partial charge >= 0.3 is 0 Å². The highest BCUT2D eigenvalue weighted by molar-refractivity contribution is 5.96. The molecule has 3 nitrogen and oxygen atoms in total. The van der Waals surface area contributed by atoms with Crippen molar-refractivity contribution >= 4 is 5.71 Å². The Balaban J connectivity index is 0. The summed E-state index contributed by atoms with van der Waals surface area (Å²) in [5, 5.41) is 0. The van der Waals surface area contributed by atoms with Crippen LogP contribution in [0.15, 0.2) is 17.1 Å². The van der Waals surface area contributed by atoms with Crippen LogP contribution in [-0.4, -0.2) is 62.3 Å². The predicted molar refractivity (Wildman–Crippen MR) is 112 cm³/mol. The van der Waals surface area contributed by atoms with Crippen LogP contribution in [0.25, 0.3) is 0 Å². The molecule has 0 spiro atoms. The summed E-state index contributed by atoms with van der Waals surface area (Å²) in [6.07, 6.45) is 9.66. The monoisotopic (exact) mass is 339 g/mol. The SMILES string of the molecule is CC.CC/C=C\C(CN(C)CC(C)C)=NC.CCN1CCCCC1. The van der Waals surface area contributed by atoms with E-state index in [1.54, 1.807) is 0 Å². The van der Waals surface area contributed by atoms with Crippen LogP contribution in [0.1, 0.15) is 67.2 Å². The van der Waals surface area contributed by atoms with Crippen molar-refractivity contribution in [1.82, 2.24) is 9.80 Å². The third-order valence-electron chi connectivity index (χ3n) is 3.84. The minimum absolute atomic E-state index is 0.716. The number of allylic oxidation sites excluding steroid dienone is 1. The smallest absolute Gasteiger partial charge is 0.0481 e. The molecule has 0 saturated carbocycles. The van der Waals surface area contributed by atoms with Gasteiger partial charge in [0.25, 0.3) is 0 Å². The number of likely N-dealkylation sites (tertiary alicyclic amines) is 1. The molecule has 0 aromatic rings. The molecule has 0 unspecified atom stereocenters. The van der Waals surface area contributed by atoms with Gasteiger partial charge in [-0.3, -0.25) is 4.99 Å². The first-order valence-corrected chi connectivity index (χ1v) is 10.1. The van der Waals surface area contributed by atoms with Crippen LogP contribution in [0.3, 0.4) is 0 Å². The Kier molecular flexibility index (Phi) is 19.9. The van der Waals surface area contributed by atoms with Crippen molar-refractivity contribution in [1.29, 1.82) is 0 Å². The summed E-state index contributed by atoms with van der Waals surface area (Å²) < 4.78 is 0. The first kappa shape index (κ1) is 25.6. The number of hydrogen-bond acceptors (Lipinski definition) is 3. The topological polar surface area (TPSA) is 18.8 Å². The van der Waals surface area contributed by atoms with Crippen LogP contribution < -0.4 is 0 Å². The Morgan fingerprint density at radius 3 is 2.08 bits per heavy atom. The van der Waals surface area contributed by atoms with Crippen LogP contribution in [0, 0.1) is 5.92 Å². The summed E-state index contributed by atoms with van der Waals surface area (Å²) in [5.41, 5.74) is 1.16. The van der Waals surface area contributed by atoms with Crippen LogP contribution in [0.5, 0.6) is 0 Å². The molecule has 24 heavy (non-hydrogen) atoms. The Morgan fingerprint density at radius 2 is 1.71 bits per heavy atom. The van der Waals surface area contributed by atoms with Crippen molar-refractivity contribution < 1.29 is 0 Å². The maximum absolute atomic E-state index is 4.26. The van der Waals surface area contributed by atoms with E-state index in [1.165, 1.54) is 38.9 Å². The fourth-order valence-corrected chi connectivity index (χ4v) is 2.69. The first-order chi connectivity index (χ1) is 11.5. The van der Waals surface area contributed by atoms with Crippen LogP contribution in [0.2, 0.25) is 0 Å². The normalized spacial score (nSPS) is 16.0. The average molecular weight is 340 g/mol. The van der Waals surface area contributed by atoms with E-state index < -0.39 is 0 Å².